The number of phenolic OH excluding ortho intramolecular Hbond substituents is 1. The fraction of sp³-hybridized carbons (Fsp3) is 0.391. The molecule has 2 heterocycles. The molecule has 3 aromatic rings. The van der Waals surface area contributed by atoms with E-state index in [9.17, 15) is 18.3 Å². The quantitative estimate of drug-likeness (QED) is 0.540. The van der Waals surface area contributed by atoms with Crippen molar-refractivity contribution < 1.29 is 18.3 Å². The number of nitrogens with one attached hydrogen (secondary N) is 1. The van der Waals surface area contributed by atoms with Gasteiger partial charge in [0.15, 0.2) is 0 Å². The molecule has 1 amide bonds. The highest BCUT2D eigenvalue weighted by Crippen LogP contribution is 2.43. The molecular formula is C23H28N4O4S. The average Bonchev–Trinajstić information content (AvgIpc) is 2.93. The summed E-state index contributed by atoms with van der Waals surface area (Å²) in [4.78, 5) is 17.0. The zero-order valence-electron chi connectivity index (χ0n) is 18.6. The van der Waals surface area contributed by atoms with Crippen LogP contribution in [0.2, 0.25) is 0 Å². The van der Waals surface area contributed by atoms with Crippen molar-refractivity contribution in [2.75, 3.05) is 0 Å². The van der Waals surface area contributed by atoms with Crippen LogP contribution in [0.1, 0.15) is 62.0 Å². The number of primary amides is 1. The molecule has 4 N–H and O–H groups in total. The maximum atomic E-state index is 12.7. The summed E-state index contributed by atoms with van der Waals surface area (Å²) in [6.07, 6.45) is 4.28. The van der Waals surface area contributed by atoms with E-state index in [0.717, 1.165) is 24.8 Å². The fourth-order valence-corrected chi connectivity index (χ4v) is 5.48. The Balaban J connectivity index is 1.92. The van der Waals surface area contributed by atoms with Crippen LogP contribution in [0.25, 0.3) is 22.3 Å². The number of aromatic nitrogens is 2. The lowest BCUT2D eigenvalue weighted by atomic mass is 9.92. The first-order valence-corrected chi connectivity index (χ1v) is 12.0. The number of hydrogen-bond acceptors (Lipinski definition) is 5. The Labute approximate surface area is 187 Å². The molecule has 0 atom stereocenters. The molecule has 0 spiro atoms. The second-order valence-corrected chi connectivity index (χ2v) is 11.1. The van der Waals surface area contributed by atoms with Gasteiger partial charge in [0.25, 0.3) is 5.91 Å². The highest BCUT2D eigenvalue weighted by Gasteiger charge is 2.31. The van der Waals surface area contributed by atoms with E-state index in [-0.39, 0.29) is 22.3 Å². The number of nitrogens with two attached hydrogens (primary N) is 1. The molecule has 0 radical (unpaired) electrons. The van der Waals surface area contributed by atoms with Gasteiger partial charge in [0.2, 0.25) is 10.0 Å². The van der Waals surface area contributed by atoms with Crippen LogP contribution in [0.4, 0.5) is 0 Å². The van der Waals surface area contributed by atoms with Crippen LogP contribution in [0.15, 0.2) is 35.4 Å². The SMILES string of the molecule is Cc1cc2c(cc1O)c(C(N)=O)c(-c1ccc(S(=O)(=O)NC(C)(C)C)cn1)n2C1CCC1. The van der Waals surface area contributed by atoms with Gasteiger partial charge in [0, 0.05) is 23.2 Å². The number of pyridine rings is 1. The largest absolute Gasteiger partial charge is 0.508 e. The lowest BCUT2D eigenvalue weighted by Gasteiger charge is -2.30. The predicted octanol–water partition coefficient (Wildman–Crippen LogP) is 3.62. The molecule has 1 aliphatic carbocycles. The number of hydrogen-bond donors (Lipinski definition) is 3. The minimum Gasteiger partial charge on any atom is -0.508 e. The van der Waals surface area contributed by atoms with E-state index >= 15 is 0 Å². The fourth-order valence-electron chi connectivity index (χ4n) is 4.12. The first kappa shape index (κ1) is 22.3. The van der Waals surface area contributed by atoms with Crippen molar-refractivity contribution in [3.63, 3.8) is 0 Å². The van der Waals surface area contributed by atoms with Gasteiger partial charge in [0.05, 0.1) is 22.5 Å². The number of carbonyl (C=O) groups excluding carboxylic acids is 1. The van der Waals surface area contributed by atoms with E-state index in [4.69, 9.17) is 5.73 Å². The topological polar surface area (TPSA) is 127 Å². The maximum absolute atomic E-state index is 12.7. The maximum Gasteiger partial charge on any atom is 0.251 e. The number of aryl methyl sites for hydroxylation is 1. The molecule has 1 aromatic carbocycles. The normalized spacial score (nSPS) is 15.1. The Hall–Kier alpha value is -2.91. The number of benzene rings is 1. The van der Waals surface area contributed by atoms with Crippen molar-refractivity contribution in [2.45, 2.75) is 63.4 Å². The highest BCUT2D eigenvalue weighted by molar-refractivity contribution is 7.89. The van der Waals surface area contributed by atoms with Gasteiger partial charge < -0.3 is 15.4 Å². The Kier molecular flexibility index (Phi) is 5.29. The molecule has 1 aliphatic rings. The smallest absolute Gasteiger partial charge is 0.251 e. The van der Waals surface area contributed by atoms with Gasteiger partial charge in [-0.25, -0.2) is 13.1 Å². The Morgan fingerprint density at radius 1 is 1.25 bits per heavy atom. The minimum absolute atomic E-state index is 0.0385. The molecule has 0 unspecified atom stereocenters. The van der Waals surface area contributed by atoms with E-state index in [0.29, 0.717) is 22.3 Å². The summed E-state index contributed by atoms with van der Waals surface area (Å²) >= 11 is 0. The summed E-state index contributed by atoms with van der Waals surface area (Å²) in [6.45, 7) is 7.09. The first-order valence-electron chi connectivity index (χ1n) is 10.6. The van der Waals surface area contributed by atoms with Crippen LogP contribution >= 0.6 is 0 Å². The van der Waals surface area contributed by atoms with Crippen molar-refractivity contribution >= 4 is 26.8 Å². The van der Waals surface area contributed by atoms with Crippen molar-refractivity contribution in [3.05, 3.63) is 41.6 Å². The summed E-state index contributed by atoms with van der Waals surface area (Å²) < 4.78 is 30.0. The molecule has 32 heavy (non-hydrogen) atoms. The number of amides is 1. The van der Waals surface area contributed by atoms with Gasteiger partial charge >= 0.3 is 0 Å². The predicted molar refractivity (Wildman–Crippen MR) is 123 cm³/mol. The number of sulfonamides is 1. The van der Waals surface area contributed by atoms with Gasteiger partial charge in [-0.2, -0.15) is 0 Å². The third kappa shape index (κ3) is 3.86. The lowest BCUT2D eigenvalue weighted by Crippen LogP contribution is -2.40. The van der Waals surface area contributed by atoms with Gasteiger partial charge in [-0.1, -0.05) is 0 Å². The zero-order valence-corrected chi connectivity index (χ0v) is 19.5. The zero-order chi connectivity index (χ0) is 23.4. The number of aromatic hydroxyl groups is 1. The van der Waals surface area contributed by atoms with Gasteiger partial charge in [-0.05, 0) is 76.8 Å². The van der Waals surface area contributed by atoms with Gasteiger partial charge in [-0.3, -0.25) is 9.78 Å². The molecule has 0 aliphatic heterocycles. The standard InChI is InChI=1S/C23H28N4O4S/c1-13-10-18-16(11-19(13)28)20(22(24)29)21(27(18)14-6-5-7-14)17-9-8-15(12-25-17)32(30,31)26-23(2,3)4/h8-12,14,26,28H,5-7H2,1-4H3,(H2,24,29). The number of rotatable bonds is 5. The summed E-state index contributed by atoms with van der Waals surface area (Å²) in [5.74, 6) is -0.542. The van der Waals surface area contributed by atoms with Crippen LogP contribution < -0.4 is 10.5 Å². The molecule has 0 saturated heterocycles. The second kappa shape index (κ2) is 7.60. The molecule has 9 heteroatoms. The van der Waals surface area contributed by atoms with Crippen LogP contribution in [-0.4, -0.2) is 34.5 Å². The summed E-state index contributed by atoms with van der Waals surface area (Å²) in [6, 6.07) is 6.67. The van der Waals surface area contributed by atoms with Crippen LogP contribution in [0, 0.1) is 6.92 Å². The molecule has 170 valence electrons. The van der Waals surface area contributed by atoms with E-state index < -0.39 is 21.5 Å². The van der Waals surface area contributed by atoms with Gasteiger partial charge in [-0.15, -0.1) is 0 Å². The highest BCUT2D eigenvalue weighted by atomic mass is 32.2. The average molecular weight is 457 g/mol. The molecule has 1 saturated carbocycles. The Morgan fingerprint density at radius 2 is 1.94 bits per heavy atom. The molecule has 4 rings (SSSR count). The van der Waals surface area contributed by atoms with Crippen molar-refractivity contribution in [1.82, 2.24) is 14.3 Å². The molecule has 8 nitrogen and oxygen atoms in total. The summed E-state index contributed by atoms with van der Waals surface area (Å²) in [7, 11) is -3.74. The van der Waals surface area contributed by atoms with Crippen LogP contribution in [-0.2, 0) is 10.0 Å². The van der Waals surface area contributed by atoms with Crippen LogP contribution in [0.3, 0.4) is 0 Å². The monoisotopic (exact) mass is 456 g/mol. The molecular weight excluding hydrogens is 428 g/mol. The number of carbonyl (C=O) groups is 1. The van der Waals surface area contributed by atoms with E-state index in [2.05, 4.69) is 14.3 Å². The van der Waals surface area contributed by atoms with E-state index in [1.807, 2.05) is 6.07 Å². The third-order valence-corrected chi connectivity index (χ3v) is 7.48. The van der Waals surface area contributed by atoms with E-state index in [1.165, 1.54) is 12.3 Å². The summed E-state index contributed by atoms with van der Waals surface area (Å²) in [5.41, 5.74) is 7.93. The number of fused-ring (bicyclic) bond motifs is 1. The van der Waals surface area contributed by atoms with Crippen molar-refractivity contribution in [3.8, 4) is 17.1 Å². The summed E-state index contributed by atoms with van der Waals surface area (Å²) in [5, 5.41) is 10.8. The van der Waals surface area contributed by atoms with E-state index in [1.54, 1.807) is 39.8 Å². The Bertz CT molecular complexity index is 1320. The first-order chi connectivity index (χ1) is 14.9. The van der Waals surface area contributed by atoms with Gasteiger partial charge in [0.1, 0.15) is 10.6 Å². The Morgan fingerprint density at radius 3 is 2.44 bits per heavy atom. The third-order valence-electron chi connectivity index (χ3n) is 5.74. The van der Waals surface area contributed by atoms with Crippen molar-refractivity contribution in [2.24, 2.45) is 5.73 Å². The number of phenols is 1. The molecule has 1 fully saturated rings. The second-order valence-electron chi connectivity index (χ2n) is 9.43. The lowest BCUT2D eigenvalue weighted by molar-refractivity contribution is 0.100. The minimum atomic E-state index is -3.74. The molecule has 0 bridgehead atoms. The van der Waals surface area contributed by atoms with Crippen molar-refractivity contribution in [1.29, 1.82) is 0 Å². The number of nitrogens with zero attached hydrogens (tertiary/aromatic N) is 2. The van der Waals surface area contributed by atoms with Crippen LogP contribution in [0.5, 0.6) is 5.75 Å². The molecule has 2 aromatic heterocycles.